The maximum atomic E-state index is 12.3. The van der Waals surface area contributed by atoms with Gasteiger partial charge in [0.15, 0.2) is 0 Å². The topological polar surface area (TPSA) is 68.5 Å². The summed E-state index contributed by atoms with van der Waals surface area (Å²) >= 11 is 0. The van der Waals surface area contributed by atoms with Gasteiger partial charge in [0.2, 0.25) is 0 Å². The number of ether oxygens (including phenoxy) is 1. The highest BCUT2D eigenvalue weighted by Gasteiger charge is 2.29. The molecule has 2 aromatic rings. The molecule has 3 rings (SSSR count). The van der Waals surface area contributed by atoms with Crippen LogP contribution in [0.5, 0.6) is 0 Å². The molecule has 1 saturated heterocycles. The summed E-state index contributed by atoms with van der Waals surface area (Å²) < 4.78 is 5.50. The molecule has 1 unspecified atom stereocenters. The Morgan fingerprint density at radius 1 is 1.33 bits per heavy atom. The fraction of sp³-hybridized carbons (Fsp3) is 0.474. The highest BCUT2D eigenvalue weighted by Crippen LogP contribution is 2.31. The Balaban J connectivity index is 1.82. The summed E-state index contributed by atoms with van der Waals surface area (Å²) in [4.78, 5) is 18.9. The number of likely N-dealkylation sites (tertiary alicyclic amines) is 1. The van der Waals surface area contributed by atoms with E-state index in [0.717, 1.165) is 36.0 Å². The van der Waals surface area contributed by atoms with E-state index in [0.29, 0.717) is 12.2 Å². The van der Waals surface area contributed by atoms with Crippen molar-refractivity contribution in [3.8, 4) is 0 Å². The second-order valence-corrected chi connectivity index (χ2v) is 7.42. The summed E-state index contributed by atoms with van der Waals surface area (Å²) in [6.45, 7) is 6.98. The minimum Gasteiger partial charge on any atom is -0.444 e. The lowest BCUT2D eigenvalue weighted by Crippen LogP contribution is -2.42. The molecule has 0 bridgehead atoms. The van der Waals surface area contributed by atoms with E-state index in [4.69, 9.17) is 15.5 Å². The molecular formula is C19H25N3O2. The van der Waals surface area contributed by atoms with Crippen LogP contribution in [0.15, 0.2) is 30.3 Å². The second-order valence-electron chi connectivity index (χ2n) is 7.42. The first kappa shape index (κ1) is 16.6. The molecule has 5 nitrogen and oxygen atoms in total. The molecule has 0 radical (unpaired) electrons. The maximum absolute atomic E-state index is 12.3. The molecule has 2 heterocycles. The number of benzene rings is 1. The van der Waals surface area contributed by atoms with Gasteiger partial charge in [-0.25, -0.2) is 4.79 Å². The van der Waals surface area contributed by atoms with E-state index in [2.05, 4.69) is 0 Å². The summed E-state index contributed by atoms with van der Waals surface area (Å²) in [5.41, 5.74) is 8.29. The van der Waals surface area contributed by atoms with Crippen molar-refractivity contribution in [1.82, 2.24) is 9.88 Å². The lowest BCUT2D eigenvalue weighted by atomic mass is 9.93. The largest absolute Gasteiger partial charge is 0.444 e. The zero-order chi connectivity index (χ0) is 17.3. The molecule has 1 aromatic carbocycles. The van der Waals surface area contributed by atoms with E-state index in [-0.39, 0.29) is 12.0 Å². The van der Waals surface area contributed by atoms with Crippen molar-refractivity contribution in [1.29, 1.82) is 0 Å². The van der Waals surface area contributed by atoms with E-state index in [9.17, 15) is 4.79 Å². The molecule has 0 aliphatic carbocycles. The van der Waals surface area contributed by atoms with E-state index in [1.165, 1.54) is 0 Å². The van der Waals surface area contributed by atoms with Crippen LogP contribution in [0.3, 0.4) is 0 Å². The van der Waals surface area contributed by atoms with Crippen LogP contribution in [0.25, 0.3) is 10.9 Å². The Morgan fingerprint density at radius 3 is 2.83 bits per heavy atom. The van der Waals surface area contributed by atoms with Gasteiger partial charge in [-0.3, -0.25) is 4.98 Å². The zero-order valence-corrected chi connectivity index (χ0v) is 14.6. The molecule has 1 atom stereocenters. The van der Waals surface area contributed by atoms with Crippen molar-refractivity contribution in [2.45, 2.75) is 45.1 Å². The first-order valence-electron chi connectivity index (χ1n) is 8.46. The molecule has 1 fully saturated rings. The van der Waals surface area contributed by atoms with Gasteiger partial charge in [-0.05, 0) is 45.7 Å². The Morgan fingerprint density at radius 2 is 2.08 bits per heavy atom. The maximum Gasteiger partial charge on any atom is 0.410 e. The van der Waals surface area contributed by atoms with Crippen molar-refractivity contribution >= 4 is 22.7 Å². The van der Waals surface area contributed by atoms with E-state index < -0.39 is 5.60 Å². The van der Waals surface area contributed by atoms with Gasteiger partial charge in [0.1, 0.15) is 5.60 Å². The van der Waals surface area contributed by atoms with Gasteiger partial charge in [0, 0.05) is 24.4 Å². The molecular weight excluding hydrogens is 302 g/mol. The Labute approximate surface area is 142 Å². The molecule has 2 N–H and O–H groups in total. The van der Waals surface area contributed by atoms with E-state index >= 15 is 0 Å². The first-order valence-corrected chi connectivity index (χ1v) is 8.46. The quantitative estimate of drug-likeness (QED) is 0.861. The fourth-order valence-electron chi connectivity index (χ4n) is 3.17. The summed E-state index contributed by atoms with van der Waals surface area (Å²) in [5.74, 6) is 0.149. The van der Waals surface area contributed by atoms with Gasteiger partial charge >= 0.3 is 6.09 Å². The Hall–Kier alpha value is -2.30. The number of fused-ring (bicyclic) bond motifs is 1. The van der Waals surface area contributed by atoms with Crippen LogP contribution in [0.2, 0.25) is 0 Å². The van der Waals surface area contributed by atoms with Crippen LogP contribution in [0.1, 0.15) is 45.2 Å². The second kappa shape index (κ2) is 6.30. The summed E-state index contributed by atoms with van der Waals surface area (Å²) in [6.07, 6.45) is 1.65. The number of aromatic nitrogens is 1. The van der Waals surface area contributed by atoms with Crippen LogP contribution in [0.4, 0.5) is 10.5 Å². The summed E-state index contributed by atoms with van der Waals surface area (Å²) in [6, 6.07) is 9.93. The van der Waals surface area contributed by atoms with E-state index in [1.54, 1.807) is 4.90 Å². The number of rotatable bonds is 1. The van der Waals surface area contributed by atoms with Crippen molar-refractivity contribution < 1.29 is 9.53 Å². The molecule has 24 heavy (non-hydrogen) atoms. The van der Waals surface area contributed by atoms with Crippen molar-refractivity contribution in [3.63, 3.8) is 0 Å². The van der Waals surface area contributed by atoms with Gasteiger partial charge in [-0.1, -0.05) is 18.2 Å². The highest BCUT2D eigenvalue weighted by molar-refractivity contribution is 5.82. The van der Waals surface area contributed by atoms with Gasteiger partial charge in [0.25, 0.3) is 0 Å². The number of piperidine rings is 1. The molecule has 5 heteroatoms. The average Bonchev–Trinajstić information content (AvgIpc) is 2.53. The number of pyridine rings is 1. The lowest BCUT2D eigenvalue weighted by molar-refractivity contribution is 0.0197. The third kappa shape index (κ3) is 3.61. The minimum absolute atomic E-state index is 0.149. The van der Waals surface area contributed by atoms with Crippen LogP contribution in [-0.4, -0.2) is 34.7 Å². The predicted octanol–water partition coefficient (Wildman–Crippen LogP) is 3.93. The number of nitrogen functional groups attached to an aromatic ring is 1. The number of nitrogens with two attached hydrogens (primary N) is 1. The van der Waals surface area contributed by atoms with Gasteiger partial charge in [-0.2, -0.15) is 0 Å². The SMILES string of the molecule is CC(C)(C)OC(=O)N1CCCC(c2nc3ccccc3cc2N)C1. The summed E-state index contributed by atoms with van der Waals surface area (Å²) in [7, 11) is 0. The first-order chi connectivity index (χ1) is 11.3. The Bertz CT molecular complexity index is 752. The van der Waals surface area contributed by atoms with Crippen LogP contribution < -0.4 is 5.73 Å². The molecule has 1 aliphatic heterocycles. The number of hydrogen-bond donors (Lipinski definition) is 1. The monoisotopic (exact) mass is 327 g/mol. The number of hydrogen-bond acceptors (Lipinski definition) is 4. The minimum atomic E-state index is -0.482. The smallest absolute Gasteiger partial charge is 0.410 e. The number of anilines is 1. The van der Waals surface area contributed by atoms with Gasteiger partial charge in [-0.15, -0.1) is 0 Å². The fourth-order valence-corrected chi connectivity index (χ4v) is 3.17. The molecule has 128 valence electrons. The number of nitrogens with zero attached hydrogens (tertiary/aromatic N) is 2. The van der Waals surface area contributed by atoms with Crippen molar-refractivity contribution in [2.24, 2.45) is 0 Å². The van der Waals surface area contributed by atoms with Crippen LogP contribution >= 0.6 is 0 Å². The van der Waals surface area contributed by atoms with Gasteiger partial charge in [0.05, 0.1) is 16.9 Å². The number of carbonyl (C=O) groups excluding carboxylic acids is 1. The van der Waals surface area contributed by atoms with Gasteiger partial charge < -0.3 is 15.4 Å². The zero-order valence-electron chi connectivity index (χ0n) is 14.6. The predicted molar refractivity (Wildman–Crippen MR) is 95.9 cm³/mol. The molecule has 0 saturated carbocycles. The number of para-hydroxylation sites is 1. The molecule has 1 aliphatic rings. The average molecular weight is 327 g/mol. The number of carbonyl (C=O) groups is 1. The standard InChI is InChI=1S/C19H25N3O2/c1-19(2,3)24-18(23)22-10-6-8-14(12-22)17-15(20)11-13-7-4-5-9-16(13)21-17/h4-5,7,9,11,14H,6,8,10,12,20H2,1-3H3. The lowest BCUT2D eigenvalue weighted by Gasteiger charge is -2.34. The van der Waals surface area contributed by atoms with Crippen LogP contribution in [0, 0.1) is 0 Å². The summed E-state index contributed by atoms with van der Waals surface area (Å²) in [5, 5.41) is 1.04. The number of amides is 1. The van der Waals surface area contributed by atoms with Crippen molar-refractivity contribution in [2.75, 3.05) is 18.8 Å². The third-order valence-corrected chi connectivity index (χ3v) is 4.24. The Kier molecular flexibility index (Phi) is 4.35. The molecule has 1 amide bonds. The highest BCUT2D eigenvalue weighted by atomic mass is 16.6. The van der Waals surface area contributed by atoms with Crippen molar-refractivity contribution in [3.05, 3.63) is 36.0 Å². The van der Waals surface area contributed by atoms with Crippen LogP contribution in [-0.2, 0) is 4.74 Å². The third-order valence-electron chi connectivity index (χ3n) is 4.24. The molecule has 0 spiro atoms. The normalized spacial score (nSPS) is 18.6. The molecule has 1 aromatic heterocycles. The van der Waals surface area contributed by atoms with E-state index in [1.807, 2.05) is 51.1 Å².